The van der Waals surface area contributed by atoms with Crippen molar-refractivity contribution in [2.45, 2.75) is 24.7 Å². The van der Waals surface area contributed by atoms with Gasteiger partial charge in [-0.25, -0.2) is 9.97 Å². The van der Waals surface area contributed by atoms with Crippen LogP contribution < -0.4 is 0 Å². The average Bonchev–Trinajstić information content (AvgIpc) is 3.26. The highest BCUT2D eigenvalue weighted by atomic mass is 14.8. The van der Waals surface area contributed by atoms with Gasteiger partial charge >= 0.3 is 0 Å². The number of allylic oxidation sites excluding steroid dienone is 5. The molecule has 2 atom stereocenters. The molecule has 4 heteroatoms. The van der Waals surface area contributed by atoms with E-state index < -0.39 is 0 Å². The highest BCUT2D eigenvalue weighted by molar-refractivity contribution is 6.06. The quantitative estimate of drug-likeness (QED) is 0.174. The third-order valence-electron chi connectivity index (χ3n) is 10.9. The molecule has 0 saturated heterocycles. The highest BCUT2D eigenvalue weighted by Gasteiger charge is 2.27. The van der Waals surface area contributed by atoms with Gasteiger partial charge in [-0.2, -0.15) is 0 Å². The van der Waals surface area contributed by atoms with Gasteiger partial charge in [-0.15, -0.1) is 0 Å². The fourth-order valence-electron chi connectivity index (χ4n) is 8.25. The Labute approximate surface area is 315 Å². The zero-order valence-electron chi connectivity index (χ0n) is 29.7. The van der Waals surface area contributed by atoms with Gasteiger partial charge < -0.3 is 0 Å². The summed E-state index contributed by atoms with van der Waals surface area (Å²) in [5.41, 5.74) is 15.3. The number of aromatic nitrogens is 4. The number of rotatable bonds is 6. The van der Waals surface area contributed by atoms with Crippen LogP contribution in [0.25, 0.3) is 55.5 Å². The third-order valence-corrected chi connectivity index (χ3v) is 10.9. The Balaban J connectivity index is 1.07. The number of pyridine rings is 2. The van der Waals surface area contributed by atoms with E-state index in [4.69, 9.17) is 9.97 Å². The van der Waals surface area contributed by atoms with Gasteiger partial charge in [0, 0.05) is 46.6 Å². The first-order valence-corrected chi connectivity index (χ1v) is 18.7. The molecule has 10 rings (SSSR count). The Bertz CT molecular complexity index is 2760. The molecule has 4 nitrogen and oxygen atoms in total. The van der Waals surface area contributed by atoms with Crippen LogP contribution in [0.3, 0.4) is 0 Å². The van der Waals surface area contributed by atoms with E-state index in [0.29, 0.717) is 0 Å². The van der Waals surface area contributed by atoms with E-state index in [1.54, 1.807) is 0 Å². The van der Waals surface area contributed by atoms with Gasteiger partial charge in [0.15, 0.2) is 0 Å². The van der Waals surface area contributed by atoms with Gasteiger partial charge in [-0.05, 0) is 87.8 Å². The number of hydrogen-bond acceptors (Lipinski definition) is 4. The molecule has 2 aliphatic rings. The molecule has 2 unspecified atom stereocenters. The lowest BCUT2D eigenvalue weighted by molar-refractivity contribution is 0.814. The van der Waals surface area contributed by atoms with Crippen LogP contribution in [0.5, 0.6) is 0 Å². The SMILES string of the molecule is C1=CC(c2ccccn2)CC=C1c1ccc(-c2nc3ccccc3nc2C2=CCC(c3ccc(-c4ccccn4)cc3)c3ccccc32)c2ccccc12. The number of benzene rings is 5. The van der Waals surface area contributed by atoms with Gasteiger partial charge in [-0.3, -0.25) is 9.97 Å². The van der Waals surface area contributed by atoms with E-state index in [1.165, 1.54) is 33.2 Å². The summed E-state index contributed by atoms with van der Waals surface area (Å²) in [5.74, 6) is 0.516. The van der Waals surface area contributed by atoms with Crippen molar-refractivity contribution < 1.29 is 0 Å². The zero-order valence-corrected chi connectivity index (χ0v) is 29.7. The smallest absolute Gasteiger partial charge is 0.0979 e. The van der Waals surface area contributed by atoms with Crippen molar-refractivity contribution in [3.63, 3.8) is 0 Å². The van der Waals surface area contributed by atoms with Gasteiger partial charge in [0.05, 0.1) is 28.1 Å². The molecule has 8 aromatic rings. The molecular weight excluding hydrogens is 657 g/mol. The fourth-order valence-corrected chi connectivity index (χ4v) is 8.25. The monoisotopic (exact) mass is 692 g/mol. The third kappa shape index (κ3) is 5.73. The second-order valence-electron chi connectivity index (χ2n) is 14.1. The molecule has 0 fully saturated rings. The summed E-state index contributed by atoms with van der Waals surface area (Å²) in [6.07, 6.45) is 14.8. The summed E-state index contributed by atoms with van der Waals surface area (Å²) in [4.78, 5) is 20.0. The molecule has 0 bridgehead atoms. The lowest BCUT2D eigenvalue weighted by atomic mass is 9.77. The van der Waals surface area contributed by atoms with Crippen LogP contribution in [0, 0.1) is 0 Å². The minimum Gasteiger partial charge on any atom is -0.261 e. The van der Waals surface area contributed by atoms with Crippen LogP contribution in [-0.4, -0.2) is 19.9 Å². The van der Waals surface area contributed by atoms with E-state index in [0.717, 1.165) is 68.7 Å². The van der Waals surface area contributed by atoms with E-state index in [9.17, 15) is 0 Å². The Morgan fingerprint density at radius 1 is 0.500 bits per heavy atom. The predicted octanol–water partition coefficient (Wildman–Crippen LogP) is 12.0. The molecule has 2 aliphatic carbocycles. The Kier molecular flexibility index (Phi) is 8.07. The van der Waals surface area contributed by atoms with E-state index in [2.05, 4.69) is 150 Å². The van der Waals surface area contributed by atoms with Crippen molar-refractivity contribution in [2.75, 3.05) is 0 Å². The van der Waals surface area contributed by atoms with Gasteiger partial charge in [0.1, 0.15) is 0 Å². The van der Waals surface area contributed by atoms with Crippen molar-refractivity contribution >= 4 is 33.0 Å². The first kappa shape index (κ1) is 31.9. The van der Waals surface area contributed by atoms with Crippen LogP contribution in [0.1, 0.15) is 58.3 Å². The first-order valence-electron chi connectivity index (χ1n) is 18.7. The molecule has 0 radical (unpaired) electrons. The van der Waals surface area contributed by atoms with Gasteiger partial charge in [0.2, 0.25) is 0 Å². The fraction of sp³-hybridized carbons (Fsp3) is 0.0800. The Morgan fingerprint density at radius 3 is 1.93 bits per heavy atom. The molecule has 0 amide bonds. The maximum atomic E-state index is 5.41. The largest absolute Gasteiger partial charge is 0.261 e. The minimum absolute atomic E-state index is 0.230. The maximum Gasteiger partial charge on any atom is 0.0979 e. The van der Waals surface area contributed by atoms with Crippen molar-refractivity contribution in [1.82, 2.24) is 19.9 Å². The maximum absolute atomic E-state index is 5.41. The van der Waals surface area contributed by atoms with Crippen molar-refractivity contribution in [1.29, 1.82) is 0 Å². The van der Waals surface area contributed by atoms with Crippen LogP contribution >= 0.6 is 0 Å². The molecular formula is C50H36N4. The van der Waals surface area contributed by atoms with Crippen molar-refractivity contribution in [2.24, 2.45) is 0 Å². The summed E-state index contributed by atoms with van der Waals surface area (Å²) in [7, 11) is 0. The second kappa shape index (κ2) is 13.6. The first-order chi connectivity index (χ1) is 26.8. The average molecular weight is 693 g/mol. The van der Waals surface area contributed by atoms with Crippen LogP contribution in [-0.2, 0) is 0 Å². The van der Waals surface area contributed by atoms with Crippen LogP contribution in [0.4, 0.5) is 0 Å². The van der Waals surface area contributed by atoms with E-state index in [1.807, 2.05) is 42.7 Å². The van der Waals surface area contributed by atoms with Crippen LogP contribution in [0.2, 0.25) is 0 Å². The molecule has 3 aromatic heterocycles. The standard InChI is InChI=1S/C50H36N4/c1-3-13-41-39(11-1)37(33-19-23-35(24-20-33)45-15-7-9-31-51-45)27-29-43(41)49-50(54-48-18-6-5-17-47(48)53-49)44-30-28-38(40-12-2-4-14-42(40)44)34-21-25-36(26-22-34)46-16-8-10-32-52-46/h1-25,28-32,36-37H,26-27H2. The molecule has 0 aliphatic heterocycles. The van der Waals surface area contributed by atoms with Gasteiger partial charge in [-0.1, -0.05) is 133 Å². The highest BCUT2D eigenvalue weighted by Crippen LogP contribution is 2.45. The molecule has 0 spiro atoms. The summed E-state index contributed by atoms with van der Waals surface area (Å²) in [6, 6.07) is 51.4. The number of hydrogen-bond donors (Lipinski definition) is 0. The normalized spacial score (nSPS) is 16.5. The summed E-state index contributed by atoms with van der Waals surface area (Å²) >= 11 is 0. The lowest BCUT2D eigenvalue weighted by Gasteiger charge is -2.27. The van der Waals surface area contributed by atoms with Crippen molar-refractivity contribution in [3.8, 4) is 22.5 Å². The van der Waals surface area contributed by atoms with Crippen molar-refractivity contribution in [3.05, 3.63) is 216 Å². The molecule has 256 valence electrons. The molecule has 5 aromatic carbocycles. The molecule has 3 heterocycles. The molecule has 54 heavy (non-hydrogen) atoms. The zero-order chi connectivity index (χ0) is 35.8. The van der Waals surface area contributed by atoms with E-state index in [-0.39, 0.29) is 11.8 Å². The van der Waals surface area contributed by atoms with E-state index >= 15 is 0 Å². The lowest BCUT2D eigenvalue weighted by Crippen LogP contribution is -2.11. The Hall–Kier alpha value is -6.78. The molecule has 0 N–H and O–H groups in total. The molecule has 0 saturated carbocycles. The second-order valence-corrected chi connectivity index (χ2v) is 14.1. The summed E-state index contributed by atoms with van der Waals surface area (Å²) in [5, 5.41) is 2.37. The predicted molar refractivity (Wildman–Crippen MR) is 221 cm³/mol. The topological polar surface area (TPSA) is 51.6 Å². The Morgan fingerprint density at radius 2 is 1.19 bits per heavy atom. The van der Waals surface area contributed by atoms with Crippen LogP contribution in [0.15, 0.2) is 182 Å². The summed E-state index contributed by atoms with van der Waals surface area (Å²) in [6.45, 7) is 0. The number of nitrogens with zero attached hydrogens (tertiary/aromatic N) is 4. The number of fused-ring (bicyclic) bond motifs is 3. The van der Waals surface area contributed by atoms with Gasteiger partial charge in [0.25, 0.3) is 0 Å². The minimum atomic E-state index is 0.230. The number of para-hydroxylation sites is 2. The summed E-state index contributed by atoms with van der Waals surface area (Å²) < 4.78 is 0.